The summed E-state index contributed by atoms with van der Waals surface area (Å²) in [6.45, 7) is -0.143. The van der Waals surface area contributed by atoms with E-state index in [1.807, 2.05) is 36.4 Å². The molecule has 3 aromatic carbocycles. The smallest absolute Gasteiger partial charge is 0.341 e. The molecule has 0 saturated heterocycles. The zero-order chi connectivity index (χ0) is 25.7. The van der Waals surface area contributed by atoms with E-state index in [1.54, 1.807) is 16.8 Å². The third-order valence-corrected chi connectivity index (χ3v) is 5.50. The fourth-order valence-corrected chi connectivity index (χ4v) is 3.90. The third kappa shape index (κ3) is 5.10. The number of methoxy groups -OCH3 is 3. The fourth-order valence-electron chi connectivity index (χ4n) is 3.90. The second-order valence-corrected chi connectivity index (χ2v) is 7.77. The Bertz CT molecular complexity index is 1350. The van der Waals surface area contributed by atoms with E-state index in [2.05, 4.69) is 0 Å². The largest absolute Gasteiger partial charge is 0.493 e. The van der Waals surface area contributed by atoms with Crippen molar-refractivity contribution in [3.8, 4) is 45.5 Å². The Morgan fingerprint density at radius 2 is 1.61 bits per heavy atom. The van der Waals surface area contributed by atoms with Crippen molar-refractivity contribution in [2.45, 2.75) is 6.54 Å². The topological polar surface area (TPSA) is 92.0 Å². The molecule has 0 spiro atoms. The van der Waals surface area contributed by atoms with Crippen molar-refractivity contribution in [2.24, 2.45) is 0 Å². The lowest BCUT2D eigenvalue weighted by Gasteiger charge is -2.18. The normalized spacial score (nSPS) is 10.7. The van der Waals surface area contributed by atoms with Crippen LogP contribution in [0.2, 0.25) is 0 Å². The lowest BCUT2D eigenvalue weighted by molar-refractivity contribution is -0.139. The maximum Gasteiger partial charge on any atom is 0.341 e. The molecule has 0 saturated carbocycles. The molecule has 8 nitrogen and oxygen atoms in total. The van der Waals surface area contributed by atoms with Crippen LogP contribution >= 0.6 is 0 Å². The van der Waals surface area contributed by atoms with Gasteiger partial charge in [-0.15, -0.1) is 0 Å². The van der Waals surface area contributed by atoms with Crippen LogP contribution in [0.15, 0.2) is 66.7 Å². The van der Waals surface area contributed by atoms with Gasteiger partial charge in [0.1, 0.15) is 17.3 Å². The number of hydrogen-bond acceptors (Lipinski definition) is 6. The molecule has 9 heteroatoms. The first-order valence-corrected chi connectivity index (χ1v) is 11.0. The minimum absolute atomic E-state index is 0.196. The number of benzene rings is 3. The maximum atomic E-state index is 13.6. The minimum atomic E-state index is -1.14. The molecular formula is C27H25FN2O6. The van der Waals surface area contributed by atoms with Gasteiger partial charge in [0.05, 0.1) is 39.1 Å². The molecule has 1 heterocycles. The zero-order valence-corrected chi connectivity index (χ0v) is 20.0. The molecule has 0 aliphatic heterocycles. The van der Waals surface area contributed by atoms with E-state index < -0.39 is 12.6 Å². The number of hydrogen-bond donors (Lipinski definition) is 1. The predicted molar refractivity (Wildman–Crippen MR) is 131 cm³/mol. The molecule has 4 rings (SSSR count). The molecule has 0 atom stereocenters. The Kier molecular flexibility index (Phi) is 7.39. The first-order chi connectivity index (χ1) is 17.4. The molecule has 186 valence electrons. The highest BCUT2D eigenvalue weighted by molar-refractivity contribution is 5.83. The Hall–Kier alpha value is -4.53. The maximum absolute atomic E-state index is 13.6. The van der Waals surface area contributed by atoms with Gasteiger partial charge in [0.2, 0.25) is 5.75 Å². The molecule has 1 aromatic heterocycles. The average Bonchev–Trinajstić information content (AvgIpc) is 3.30. The minimum Gasteiger partial charge on any atom is -0.493 e. The number of ether oxygens (including phenoxy) is 4. The van der Waals surface area contributed by atoms with Gasteiger partial charge in [-0.3, -0.25) is 4.68 Å². The summed E-state index contributed by atoms with van der Waals surface area (Å²) in [5.41, 5.74) is 3.32. The summed E-state index contributed by atoms with van der Waals surface area (Å²) in [6, 6.07) is 19.2. The lowest BCUT2D eigenvalue weighted by Crippen LogP contribution is -2.11. The van der Waals surface area contributed by atoms with Crippen molar-refractivity contribution < 1.29 is 33.2 Å². The summed E-state index contributed by atoms with van der Waals surface area (Å²) in [5, 5.41) is 14.0. The molecule has 0 bridgehead atoms. The first kappa shape index (κ1) is 24.6. The standard InChI is InChI=1S/C27H25FN2O6/c1-33-23-14-22(36-16-24(31)32)25(27(35-3)26(23)34-2)20-13-21(18-9-11-19(28)12-10-18)30(29-20)15-17-7-5-4-6-8-17/h4-14H,15-16H2,1-3H3,(H,31,32). The SMILES string of the molecule is COc1cc(OCC(=O)O)c(-c2cc(-c3ccc(F)cc3)n(Cc3ccccc3)n2)c(OC)c1OC. The summed E-state index contributed by atoms with van der Waals surface area (Å²) < 4.78 is 37.7. The Balaban J connectivity index is 1.94. The van der Waals surface area contributed by atoms with Gasteiger partial charge in [-0.05, 0) is 35.9 Å². The van der Waals surface area contributed by atoms with E-state index in [0.717, 1.165) is 16.8 Å². The van der Waals surface area contributed by atoms with Crippen LogP contribution in [0.4, 0.5) is 4.39 Å². The molecule has 0 aliphatic carbocycles. The van der Waals surface area contributed by atoms with Crippen molar-refractivity contribution in [2.75, 3.05) is 27.9 Å². The van der Waals surface area contributed by atoms with Crippen molar-refractivity contribution in [3.05, 3.63) is 78.1 Å². The molecule has 1 N–H and O–H groups in total. The highest BCUT2D eigenvalue weighted by Gasteiger charge is 2.26. The van der Waals surface area contributed by atoms with E-state index in [0.29, 0.717) is 29.3 Å². The van der Waals surface area contributed by atoms with E-state index in [9.17, 15) is 14.3 Å². The van der Waals surface area contributed by atoms with Crippen LogP contribution in [0.5, 0.6) is 23.0 Å². The van der Waals surface area contributed by atoms with Crippen LogP contribution in [0.25, 0.3) is 22.5 Å². The zero-order valence-electron chi connectivity index (χ0n) is 20.0. The van der Waals surface area contributed by atoms with Crippen molar-refractivity contribution in [1.82, 2.24) is 9.78 Å². The van der Waals surface area contributed by atoms with Crippen LogP contribution in [0.3, 0.4) is 0 Å². The van der Waals surface area contributed by atoms with Gasteiger partial charge < -0.3 is 24.1 Å². The quantitative estimate of drug-likeness (QED) is 0.337. The number of carboxylic acids is 1. The van der Waals surface area contributed by atoms with Gasteiger partial charge in [-0.2, -0.15) is 5.10 Å². The van der Waals surface area contributed by atoms with E-state index in [1.165, 1.54) is 39.5 Å². The van der Waals surface area contributed by atoms with E-state index in [4.69, 9.17) is 24.0 Å². The van der Waals surface area contributed by atoms with Crippen molar-refractivity contribution in [3.63, 3.8) is 0 Å². The van der Waals surface area contributed by atoms with Gasteiger partial charge in [0.25, 0.3) is 0 Å². The van der Waals surface area contributed by atoms with E-state index >= 15 is 0 Å². The summed E-state index contributed by atoms with van der Waals surface area (Å²) in [6.07, 6.45) is 0. The Labute approximate surface area is 207 Å². The number of aliphatic carboxylic acids is 1. The summed E-state index contributed by atoms with van der Waals surface area (Å²) in [5.74, 6) is -0.413. The fraction of sp³-hybridized carbons (Fsp3) is 0.185. The molecular weight excluding hydrogens is 467 g/mol. The predicted octanol–water partition coefficient (Wildman–Crippen LogP) is 4.89. The van der Waals surface area contributed by atoms with Crippen LogP contribution in [0.1, 0.15) is 5.56 Å². The number of rotatable bonds is 10. The molecule has 0 amide bonds. The average molecular weight is 493 g/mol. The van der Waals surface area contributed by atoms with Gasteiger partial charge >= 0.3 is 5.97 Å². The number of carbonyl (C=O) groups is 1. The van der Waals surface area contributed by atoms with Crippen LogP contribution < -0.4 is 18.9 Å². The first-order valence-electron chi connectivity index (χ1n) is 11.0. The van der Waals surface area contributed by atoms with Crippen molar-refractivity contribution >= 4 is 5.97 Å². The lowest BCUT2D eigenvalue weighted by atomic mass is 10.1. The molecule has 36 heavy (non-hydrogen) atoms. The van der Waals surface area contributed by atoms with Crippen LogP contribution in [-0.4, -0.2) is 48.8 Å². The second-order valence-electron chi connectivity index (χ2n) is 7.77. The van der Waals surface area contributed by atoms with Crippen LogP contribution in [0, 0.1) is 5.82 Å². The summed E-state index contributed by atoms with van der Waals surface area (Å²) in [7, 11) is 4.39. The van der Waals surface area contributed by atoms with Gasteiger partial charge in [0, 0.05) is 11.6 Å². The summed E-state index contributed by atoms with van der Waals surface area (Å²) in [4.78, 5) is 11.3. The molecule has 0 radical (unpaired) electrons. The Morgan fingerprint density at radius 3 is 2.22 bits per heavy atom. The monoisotopic (exact) mass is 492 g/mol. The number of nitrogens with zero attached hydrogens (tertiary/aromatic N) is 2. The summed E-state index contributed by atoms with van der Waals surface area (Å²) >= 11 is 0. The number of halogens is 1. The molecule has 0 unspecified atom stereocenters. The van der Waals surface area contributed by atoms with Crippen molar-refractivity contribution in [1.29, 1.82) is 0 Å². The Morgan fingerprint density at radius 1 is 0.917 bits per heavy atom. The highest BCUT2D eigenvalue weighted by Crippen LogP contribution is 2.50. The van der Waals surface area contributed by atoms with Crippen LogP contribution in [-0.2, 0) is 11.3 Å². The number of carboxylic acid groups (broad SMARTS) is 1. The molecule has 0 aliphatic rings. The highest BCUT2D eigenvalue weighted by atomic mass is 19.1. The second kappa shape index (κ2) is 10.8. The number of aromatic nitrogens is 2. The van der Waals surface area contributed by atoms with Gasteiger partial charge in [-0.25, -0.2) is 9.18 Å². The van der Waals surface area contributed by atoms with Gasteiger partial charge in [0.15, 0.2) is 18.1 Å². The molecule has 0 fully saturated rings. The van der Waals surface area contributed by atoms with E-state index in [-0.39, 0.29) is 17.3 Å². The van der Waals surface area contributed by atoms with Gasteiger partial charge in [-0.1, -0.05) is 30.3 Å². The molecule has 4 aromatic rings. The third-order valence-electron chi connectivity index (χ3n) is 5.50.